The molecule has 1 heterocycles. The van der Waals surface area contributed by atoms with Crippen molar-refractivity contribution < 1.29 is 9.53 Å². The molecule has 98 valence electrons. The van der Waals surface area contributed by atoms with E-state index in [-0.39, 0.29) is 18.6 Å². The van der Waals surface area contributed by atoms with Crippen LogP contribution in [0.4, 0.5) is 5.69 Å². The van der Waals surface area contributed by atoms with Crippen molar-refractivity contribution in [2.75, 3.05) is 25.0 Å². The Morgan fingerprint density at radius 3 is 3.06 bits per heavy atom. The van der Waals surface area contributed by atoms with Gasteiger partial charge in [0, 0.05) is 11.0 Å². The topological polar surface area (TPSA) is 50.4 Å². The highest BCUT2D eigenvalue weighted by molar-refractivity contribution is 9.10. The molecule has 1 aromatic rings. The summed E-state index contributed by atoms with van der Waals surface area (Å²) in [6.07, 6.45) is 2.29. The van der Waals surface area contributed by atoms with Gasteiger partial charge in [-0.05, 0) is 47.4 Å². The maximum absolute atomic E-state index is 11.7. The first-order valence-electron chi connectivity index (χ1n) is 6.12. The summed E-state index contributed by atoms with van der Waals surface area (Å²) >= 11 is 3.39. The van der Waals surface area contributed by atoms with Crippen LogP contribution in [0, 0.1) is 0 Å². The number of ether oxygens (including phenoxy) is 1. The number of piperidine rings is 1. The lowest BCUT2D eigenvalue weighted by Crippen LogP contribution is -2.37. The van der Waals surface area contributed by atoms with E-state index >= 15 is 0 Å². The lowest BCUT2D eigenvalue weighted by molar-refractivity contribution is -0.122. The molecule has 0 bridgehead atoms. The lowest BCUT2D eigenvalue weighted by atomic mass is 10.1. The van der Waals surface area contributed by atoms with E-state index in [1.807, 2.05) is 24.3 Å². The summed E-state index contributed by atoms with van der Waals surface area (Å²) in [5.41, 5.74) is 0.771. The van der Waals surface area contributed by atoms with Gasteiger partial charge in [-0.3, -0.25) is 4.79 Å². The van der Waals surface area contributed by atoms with Crippen LogP contribution < -0.4 is 10.6 Å². The van der Waals surface area contributed by atoms with Gasteiger partial charge >= 0.3 is 0 Å². The Labute approximate surface area is 115 Å². The first-order chi connectivity index (χ1) is 8.75. The lowest BCUT2D eigenvalue weighted by Gasteiger charge is -2.22. The molecule has 4 nitrogen and oxygen atoms in total. The Morgan fingerprint density at radius 1 is 1.50 bits per heavy atom. The molecule has 2 N–H and O–H groups in total. The van der Waals surface area contributed by atoms with E-state index in [0.717, 1.165) is 36.1 Å². The number of hydrogen-bond donors (Lipinski definition) is 2. The average molecular weight is 313 g/mol. The first kappa shape index (κ1) is 13.5. The maximum Gasteiger partial charge on any atom is 0.250 e. The zero-order chi connectivity index (χ0) is 12.8. The highest BCUT2D eigenvalue weighted by atomic mass is 79.9. The average Bonchev–Trinajstić information content (AvgIpc) is 2.40. The number of benzene rings is 1. The molecule has 1 aliphatic heterocycles. The van der Waals surface area contributed by atoms with Crippen LogP contribution in [-0.2, 0) is 9.53 Å². The molecule has 0 saturated carbocycles. The molecule has 1 aromatic carbocycles. The predicted octanol–water partition coefficient (Wildman–Crippen LogP) is 2.16. The number of nitrogens with one attached hydrogen (secondary N) is 2. The smallest absolute Gasteiger partial charge is 0.250 e. The summed E-state index contributed by atoms with van der Waals surface area (Å²) in [7, 11) is 0. The molecule has 0 unspecified atom stereocenters. The zero-order valence-electron chi connectivity index (χ0n) is 10.1. The monoisotopic (exact) mass is 312 g/mol. The van der Waals surface area contributed by atoms with Gasteiger partial charge in [0.15, 0.2) is 0 Å². The summed E-state index contributed by atoms with van der Waals surface area (Å²) in [5.74, 6) is -0.118. The molecular weight excluding hydrogens is 296 g/mol. The molecule has 1 fully saturated rings. The van der Waals surface area contributed by atoms with Crippen LogP contribution in [0.1, 0.15) is 12.8 Å². The van der Waals surface area contributed by atoms with Crippen LogP contribution in [0.25, 0.3) is 0 Å². The largest absolute Gasteiger partial charge is 0.367 e. The first-order valence-corrected chi connectivity index (χ1v) is 6.91. The number of rotatable bonds is 4. The Balaban J connectivity index is 1.76. The second-order valence-electron chi connectivity index (χ2n) is 4.31. The van der Waals surface area contributed by atoms with Gasteiger partial charge in [0.05, 0.1) is 11.8 Å². The number of anilines is 1. The number of halogens is 1. The number of amides is 1. The van der Waals surface area contributed by atoms with Crippen LogP contribution in [0.3, 0.4) is 0 Å². The van der Waals surface area contributed by atoms with Crippen molar-refractivity contribution in [3.8, 4) is 0 Å². The Hall–Kier alpha value is -0.910. The van der Waals surface area contributed by atoms with E-state index in [0.29, 0.717) is 0 Å². The summed E-state index contributed by atoms with van der Waals surface area (Å²) in [4.78, 5) is 11.7. The minimum absolute atomic E-state index is 0.105. The van der Waals surface area contributed by atoms with Crippen molar-refractivity contribution in [1.82, 2.24) is 5.32 Å². The standard InChI is InChI=1S/C13H17BrN2O2/c14-11-5-1-2-6-12(11)16-13(17)9-18-10-4-3-7-15-8-10/h1-2,5-6,10,15H,3-4,7-9H2,(H,16,17)/t10-/m0/s1. The molecule has 1 saturated heterocycles. The summed E-state index contributed by atoms with van der Waals surface area (Å²) in [5, 5.41) is 6.07. The predicted molar refractivity (Wildman–Crippen MR) is 74.6 cm³/mol. The highest BCUT2D eigenvalue weighted by Gasteiger charge is 2.15. The third-order valence-electron chi connectivity index (χ3n) is 2.85. The minimum Gasteiger partial charge on any atom is -0.367 e. The van der Waals surface area contributed by atoms with Gasteiger partial charge in [-0.15, -0.1) is 0 Å². The molecule has 0 spiro atoms. The second-order valence-corrected chi connectivity index (χ2v) is 5.16. The third kappa shape index (κ3) is 4.08. The Morgan fingerprint density at radius 2 is 2.33 bits per heavy atom. The zero-order valence-corrected chi connectivity index (χ0v) is 11.7. The van der Waals surface area contributed by atoms with Crippen LogP contribution in [0.2, 0.25) is 0 Å². The number of para-hydroxylation sites is 1. The van der Waals surface area contributed by atoms with Gasteiger partial charge in [-0.2, -0.15) is 0 Å². The fraction of sp³-hybridized carbons (Fsp3) is 0.462. The van der Waals surface area contributed by atoms with Crippen LogP contribution >= 0.6 is 15.9 Å². The summed E-state index contributed by atoms with van der Waals surface area (Å²) in [6.45, 7) is 1.99. The molecule has 0 aliphatic carbocycles. The molecule has 0 radical (unpaired) electrons. The second kappa shape index (κ2) is 6.87. The van der Waals surface area contributed by atoms with Crippen molar-refractivity contribution >= 4 is 27.5 Å². The van der Waals surface area contributed by atoms with E-state index in [9.17, 15) is 4.79 Å². The molecule has 1 aliphatic rings. The molecule has 0 aromatic heterocycles. The maximum atomic E-state index is 11.7. The van der Waals surface area contributed by atoms with E-state index in [4.69, 9.17) is 4.74 Å². The van der Waals surface area contributed by atoms with Crippen molar-refractivity contribution in [2.24, 2.45) is 0 Å². The summed E-state index contributed by atoms with van der Waals surface area (Å²) < 4.78 is 6.44. The SMILES string of the molecule is O=C(CO[C@H]1CCCNC1)Nc1ccccc1Br. The van der Waals surface area contributed by atoms with Crippen LogP contribution in [0.5, 0.6) is 0 Å². The molecule has 5 heteroatoms. The fourth-order valence-electron chi connectivity index (χ4n) is 1.90. The van der Waals surface area contributed by atoms with Crippen LogP contribution in [0.15, 0.2) is 28.7 Å². The third-order valence-corrected chi connectivity index (χ3v) is 3.54. The van der Waals surface area contributed by atoms with Crippen molar-refractivity contribution in [3.63, 3.8) is 0 Å². The highest BCUT2D eigenvalue weighted by Crippen LogP contribution is 2.21. The van der Waals surface area contributed by atoms with Crippen molar-refractivity contribution in [1.29, 1.82) is 0 Å². The van der Waals surface area contributed by atoms with Crippen LogP contribution in [-0.4, -0.2) is 31.7 Å². The van der Waals surface area contributed by atoms with E-state index < -0.39 is 0 Å². The molecule has 18 heavy (non-hydrogen) atoms. The van der Waals surface area contributed by atoms with E-state index in [1.165, 1.54) is 0 Å². The van der Waals surface area contributed by atoms with E-state index in [1.54, 1.807) is 0 Å². The van der Waals surface area contributed by atoms with Crippen molar-refractivity contribution in [3.05, 3.63) is 28.7 Å². The molecular formula is C13H17BrN2O2. The summed E-state index contributed by atoms with van der Waals surface area (Å²) in [6, 6.07) is 7.53. The number of carbonyl (C=O) groups is 1. The van der Waals surface area contributed by atoms with Gasteiger partial charge in [-0.25, -0.2) is 0 Å². The number of carbonyl (C=O) groups excluding carboxylic acids is 1. The molecule has 2 rings (SSSR count). The fourth-order valence-corrected chi connectivity index (χ4v) is 2.29. The molecule has 1 amide bonds. The van der Waals surface area contributed by atoms with E-state index in [2.05, 4.69) is 26.6 Å². The van der Waals surface area contributed by atoms with Gasteiger partial charge in [-0.1, -0.05) is 12.1 Å². The Kier molecular flexibility index (Phi) is 5.16. The Bertz CT molecular complexity index is 406. The minimum atomic E-state index is -0.118. The van der Waals surface area contributed by atoms with Crippen molar-refractivity contribution in [2.45, 2.75) is 18.9 Å². The quantitative estimate of drug-likeness (QED) is 0.895. The van der Waals surface area contributed by atoms with Gasteiger partial charge in [0.1, 0.15) is 6.61 Å². The number of hydrogen-bond acceptors (Lipinski definition) is 3. The molecule has 1 atom stereocenters. The van der Waals surface area contributed by atoms with Gasteiger partial charge in [0.25, 0.3) is 0 Å². The normalized spacial score (nSPS) is 19.5. The van der Waals surface area contributed by atoms with Gasteiger partial charge in [0.2, 0.25) is 5.91 Å². The van der Waals surface area contributed by atoms with Gasteiger partial charge < -0.3 is 15.4 Å².